The fraction of sp³-hybridized carbons (Fsp3) is 0.500. The summed E-state index contributed by atoms with van der Waals surface area (Å²) in [6.45, 7) is 3.06. The van der Waals surface area contributed by atoms with Crippen LogP contribution in [0.3, 0.4) is 0 Å². The zero-order valence-corrected chi connectivity index (χ0v) is 12.0. The van der Waals surface area contributed by atoms with Gasteiger partial charge in [-0.15, -0.1) is 0 Å². The first-order valence-corrected chi connectivity index (χ1v) is 6.41. The van der Waals surface area contributed by atoms with Crippen LogP contribution in [0.15, 0.2) is 18.2 Å². The van der Waals surface area contributed by atoms with Crippen molar-refractivity contribution < 1.29 is 19.4 Å². The van der Waals surface area contributed by atoms with Crippen molar-refractivity contribution in [3.05, 3.63) is 29.3 Å². The molecule has 0 bridgehead atoms. The highest BCUT2D eigenvalue weighted by atomic mass is 16.5. The Morgan fingerprint density at radius 3 is 2.35 bits per heavy atom. The quantitative estimate of drug-likeness (QED) is 0.659. The minimum absolute atomic E-state index is 0.173. The van der Waals surface area contributed by atoms with Crippen molar-refractivity contribution in [3.8, 4) is 0 Å². The molecule has 112 valence electrons. The van der Waals surface area contributed by atoms with E-state index in [9.17, 15) is 9.90 Å². The predicted molar refractivity (Wildman–Crippen MR) is 76.8 cm³/mol. The van der Waals surface area contributed by atoms with Crippen molar-refractivity contribution in [1.29, 1.82) is 0 Å². The molecule has 20 heavy (non-hydrogen) atoms. The maximum atomic E-state index is 11.3. The fourth-order valence-electron chi connectivity index (χ4n) is 1.96. The molecule has 0 aliphatic heterocycles. The van der Waals surface area contributed by atoms with Gasteiger partial charge in [0.25, 0.3) is 0 Å². The van der Waals surface area contributed by atoms with E-state index in [1.165, 1.54) is 0 Å². The van der Waals surface area contributed by atoms with Gasteiger partial charge in [0.05, 0.1) is 18.8 Å². The first kappa shape index (κ1) is 16.4. The SMILES string of the molecule is COCCN(CCOC)Cc1cccc(N)c1C(=O)O. The van der Waals surface area contributed by atoms with Crippen molar-refractivity contribution in [3.63, 3.8) is 0 Å². The van der Waals surface area contributed by atoms with Gasteiger partial charge >= 0.3 is 5.97 Å². The maximum absolute atomic E-state index is 11.3. The highest BCUT2D eigenvalue weighted by molar-refractivity contribution is 5.95. The smallest absolute Gasteiger partial charge is 0.338 e. The second-order valence-corrected chi connectivity index (χ2v) is 4.45. The molecule has 1 rings (SSSR count). The molecule has 0 aliphatic rings. The van der Waals surface area contributed by atoms with Crippen molar-refractivity contribution >= 4 is 11.7 Å². The van der Waals surface area contributed by atoms with Crippen LogP contribution in [0, 0.1) is 0 Å². The number of benzene rings is 1. The number of nitrogens with two attached hydrogens (primary N) is 1. The number of methoxy groups -OCH3 is 2. The van der Waals surface area contributed by atoms with Gasteiger partial charge in [-0.05, 0) is 11.6 Å². The predicted octanol–water partition coefficient (Wildman–Crippen LogP) is 1.06. The van der Waals surface area contributed by atoms with Crippen LogP contribution in [0.2, 0.25) is 0 Å². The molecule has 0 atom stereocenters. The Labute approximate surface area is 119 Å². The largest absolute Gasteiger partial charge is 0.478 e. The molecule has 0 spiro atoms. The number of anilines is 1. The lowest BCUT2D eigenvalue weighted by Gasteiger charge is -2.22. The van der Waals surface area contributed by atoms with Gasteiger partial charge in [0.1, 0.15) is 0 Å². The summed E-state index contributed by atoms with van der Waals surface area (Å²) in [4.78, 5) is 13.4. The minimum atomic E-state index is -1.00. The summed E-state index contributed by atoms with van der Waals surface area (Å²) in [5.41, 5.74) is 6.91. The van der Waals surface area contributed by atoms with Crippen molar-refractivity contribution in [2.24, 2.45) is 0 Å². The second-order valence-electron chi connectivity index (χ2n) is 4.45. The molecule has 0 saturated heterocycles. The highest BCUT2D eigenvalue weighted by Gasteiger charge is 2.16. The van der Waals surface area contributed by atoms with Crippen LogP contribution >= 0.6 is 0 Å². The summed E-state index contributed by atoms with van der Waals surface area (Å²) >= 11 is 0. The standard InChI is InChI=1S/C14H22N2O4/c1-19-8-6-16(7-9-20-2)10-11-4-3-5-12(15)13(11)14(17)18/h3-5H,6-10,15H2,1-2H3,(H,17,18). The van der Waals surface area contributed by atoms with Crippen molar-refractivity contribution in [2.75, 3.05) is 46.3 Å². The van der Waals surface area contributed by atoms with Gasteiger partial charge in [-0.1, -0.05) is 12.1 Å². The molecule has 0 aromatic heterocycles. The number of hydrogen-bond donors (Lipinski definition) is 2. The topological polar surface area (TPSA) is 85.0 Å². The van der Waals surface area contributed by atoms with E-state index < -0.39 is 5.97 Å². The number of carbonyl (C=O) groups is 1. The van der Waals surface area contributed by atoms with E-state index in [4.69, 9.17) is 15.2 Å². The van der Waals surface area contributed by atoms with Gasteiger partial charge in [0.15, 0.2) is 0 Å². The molecule has 0 aliphatic carbocycles. The Morgan fingerprint density at radius 1 is 1.25 bits per heavy atom. The summed E-state index contributed by atoms with van der Waals surface area (Å²) in [7, 11) is 3.27. The Kier molecular flexibility index (Phi) is 7.00. The van der Waals surface area contributed by atoms with E-state index in [-0.39, 0.29) is 11.3 Å². The molecule has 0 amide bonds. The maximum Gasteiger partial charge on any atom is 0.338 e. The number of nitrogens with zero attached hydrogens (tertiary/aromatic N) is 1. The van der Waals surface area contributed by atoms with Crippen LogP contribution in [0.5, 0.6) is 0 Å². The summed E-state index contributed by atoms with van der Waals surface area (Å²) in [5.74, 6) is -1.00. The van der Waals surface area contributed by atoms with Crippen LogP contribution in [0.25, 0.3) is 0 Å². The van der Waals surface area contributed by atoms with Crippen LogP contribution in [0.1, 0.15) is 15.9 Å². The zero-order valence-electron chi connectivity index (χ0n) is 12.0. The number of carboxylic acids is 1. The first-order valence-electron chi connectivity index (χ1n) is 6.41. The van der Waals surface area contributed by atoms with Crippen molar-refractivity contribution in [1.82, 2.24) is 4.90 Å². The van der Waals surface area contributed by atoms with E-state index in [2.05, 4.69) is 4.90 Å². The lowest BCUT2D eigenvalue weighted by molar-refractivity contribution is 0.0694. The molecule has 6 nitrogen and oxygen atoms in total. The summed E-state index contributed by atoms with van der Waals surface area (Å²) in [5, 5.41) is 9.26. The molecular formula is C14H22N2O4. The van der Waals surface area contributed by atoms with Crippen LogP contribution in [0.4, 0.5) is 5.69 Å². The fourth-order valence-corrected chi connectivity index (χ4v) is 1.96. The molecular weight excluding hydrogens is 260 g/mol. The minimum Gasteiger partial charge on any atom is -0.478 e. The first-order chi connectivity index (χ1) is 9.60. The van der Waals surface area contributed by atoms with Gasteiger partial charge in [-0.25, -0.2) is 4.79 Å². The lowest BCUT2D eigenvalue weighted by atomic mass is 10.0. The molecule has 0 heterocycles. The third-order valence-electron chi connectivity index (χ3n) is 3.01. The molecule has 0 fully saturated rings. The Morgan fingerprint density at radius 2 is 1.85 bits per heavy atom. The molecule has 6 heteroatoms. The zero-order chi connectivity index (χ0) is 15.0. The lowest BCUT2D eigenvalue weighted by Crippen LogP contribution is -2.31. The van der Waals surface area contributed by atoms with Gasteiger partial charge in [-0.2, -0.15) is 0 Å². The van der Waals surface area contributed by atoms with E-state index in [0.29, 0.717) is 38.4 Å². The molecule has 1 aromatic carbocycles. The number of rotatable bonds is 9. The third-order valence-corrected chi connectivity index (χ3v) is 3.01. The number of ether oxygens (including phenoxy) is 2. The van der Waals surface area contributed by atoms with Gasteiger partial charge in [0.2, 0.25) is 0 Å². The number of hydrogen-bond acceptors (Lipinski definition) is 5. The third kappa shape index (κ3) is 4.80. The average Bonchev–Trinajstić information content (AvgIpc) is 2.41. The normalized spacial score (nSPS) is 10.9. The van der Waals surface area contributed by atoms with Crippen molar-refractivity contribution in [2.45, 2.75) is 6.54 Å². The molecule has 0 unspecified atom stereocenters. The molecule has 3 N–H and O–H groups in total. The van der Waals surface area contributed by atoms with E-state index >= 15 is 0 Å². The van der Waals surface area contributed by atoms with Crippen LogP contribution in [-0.4, -0.2) is 56.5 Å². The Hall–Kier alpha value is -1.63. The van der Waals surface area contributed by atoms with E-state index in [1.54, 1.807) is 32.4 Å². The second kappa shape index (κ2) is 8.52. The van der Waals surface area contributed by atoms with Crippen LogP contribution in [-0.2, 0) is 16.0 Å². The highest BCUT2D eigenvalue weighted by Crippen LogP contribution is 2.18. The Balaban J connectivity index is 2.86. The van der Waals surface area contributed by atoms with E-state index in [1.807, 2.05) is 0 Å². The van der Waals surface area contributed by atoms with E-state index in [0.717, 1.165) is 0 Å². The monoisotopic (exact) mass is 282 g/mol. The average molecular weight is 282 g/mol. The Bertz CT molecular complexity index is 429. The number of aromatic carboxylic acids is 1. The molecule has 0 radical (unpaired) electrons. The summed E-state index contributed by atoms with van der Waals surface area (Å²) < 4.78 is 10.1. The number of carboxylic acid groups (broad SMARTS) is 1. The summed E-state index contributed by atoms with van der Waals surface area (Å²) in [6, 6.07) is 5.15. The number of nitrogen functional groups attached to an aromatic ring is 1. The van der Waals surface area contributed by atoms with Gasteiger partial charge in [-0.3, -0.25) is 4.90 Å². The van der Waals surface area contributed by atoms with Gasteiger partial charge in [0, 0.05) is 39.5 Å². The molecule has 0 saturated carbocycles. The van der Waals surface area contributed by atoms with Gasteiger partial charge < -0.3 is 20.3 Å². The van der Waals surface area contributed by atoms with Crippen LogP contribution < -0.4 is 5.73 Å². The summed E-state index contributed by atoms with van der Waals surface area (Å²) in [6.07, 6.45) is 0. The molecule has 1 aromatic rings.